The molecule has 0 radical (unpaired) electrons. The SMILES string of the molecule is CCC(NS(=O)(=O)c1ccc(-c2sc(-c3nnc(CC(C)(C)C(=O)OC)o3)nc2CN2CCCC(F)(F)C2)c(Cl)c1Cl)C(F)(F)F. The van der Waals surface area contributed by atoms with E-state index in [4.69, 9.17) is 32.4 Å². The number of methoxy groups -OCH3 is 1. The van der Waals surface area contributed by atoms with Crippen molar-refractivity contribution >= 4 is 50.5 Å². The van der Waals surface area contributed by atoms with E-state index in [2.05, 4.69) is 15.2 Å². The zero-order chi connectivity index (χ0) is 34.2. The van der Waals surface area contributed by atoms with Crippen molar-refractivity contribution in [1.82, 2.24) is 24.8 Å². The Morgan fingerprint density at radius 3 is 2.52 bits per heavy atom. The molecule has 1 aliphatic heterocycles. The van der Waals surface area contributed by atoms with Crippen molar-refractivity contribution in [2.24, 2.45) is 5.41 Å². The maximum atomic E-state index is 14.2. The quantitative estimate of drug-likeness (QED) is 0.168. The summed E-state index contributed by atoms with van der Waals surface area (Å²) in [5, 5.41) is 7.33. The largest absolute Gasteiger partial charge is 0.469 e. The zero-order valence-electron chi connectivity index (χ0n) is 25.0. The predicted octanol–water partition coefficient (Wildman–Crippen LogP) is 6.76. The van der Waals surface area contributed by atoms with Crippen LogP contribution in [0.3, 0.4) is 0 Å². The van der Waals surface area contributed by atoms with E-state index in [0.29, 0.717) is 11.4 Å². The van der Waals surface area contributed by atoms with Crippen LogP contribution < -0.4 is 4.72 Å². The second-order valence-corrected chi connectivity index (χ2v) is 14.8. The third kappa shape index (κ3) is 8.16. The molecule has 0 amide bonds. The maximum Gasteiger partial charge on any atom is 0.404 e. The van der Waals surface area contributed by atoms with Gasteiger partial charge in [-0.05, 0) is 39.3 Å². The Balaban J connectivity index is 1.75. The van der Waals surface area contributed by atoms with E-state index in [0.717, 1.165) is 17.4 Å². The first kappa shape index (κ1) is 36.4. The molecule has 4 rings (SSSR count). The Morgan fingerprint density at radius 2 is 1.91 bits per heavy atom. The fourth-order valence-electron chi connectivity index (χ4n) is 4.84. The summed E-state index contributed by atoms with van der Waals surface area (Å²) in [7, 11) is -3.52. The Bertz CT molecular complexity index is 1700. The molecule has 0 saturated carbocycles. The van der Waals surface area contributed by atoms with Gasteiger partial charge in [0.2, 0.25) is 15.9 Å². The van der Waals surface area contributed by atoms with E-state index in [9.17, 15) is 35.2 Å². The van der Waals surface area contributed by atoms with Crippen molar-refractivity contribution in [1.29, 1.82) is 0 Å². The average Bonchev–Trinajstić information content (AvgIpc) is 3.58. The van der Waals surface area contributed by atoms with Gasteiger partial charge < -0.3 is 9.15 Å². The number of benzene rings is 1. The smallest absolute Gasteiger partial charge is 0.404 e. The maximum absolute atomic E-state index is 14.2. The molecule has 3 aromatic rings. The van der Waals surface area contributed by atoms with Crippen LogP contribution in [0.1, 0.15) is 51.6 Å². The summed E-state index contributed by atoms with van der Waals surface area (Å²) in [4.78, 5) is 17.8. The van der Waals surface area contributed by atoms with Gasteiger partial charge in [-0.15, -0.1) is 21.5 Å². The molecule has 1 aliphatic rings. The van der Waals surface area contributed by atoms with Gasteiger partial charge in [-0.1, -0.05) is 36.2 Å². The lowest BCUT2D eigenvalue weighted by atomic mass is 9.89. The second-order valence-electron chi connectivity index (χ2n) is 11.4. The van der Waals surface area contributed by atoms with Gasteiger partial charge in [0.1, 0.15) is 10.9 Å². The molecule has 1 fully saturated rings. The first-order valence-electron chi connectivity index (χ1n) is 13.9. The molecule has 2 aromatic heterocycles. The first-order valence-corrected chi connectivity index (χ1v) is 16.9. The number of thiazole rings is 1. The lowest BCUT2D eigenvalue weighted by Crippen LogP contribution is -2.44. The summed E-state index contributed by atoms with van der Waals surface area (Å²) in [6.45, 7) is 4.20. The number of rotatable bonds is 11. The lowest BCUT2D eigenvalue weighted by molar-refractivity contribution is -0.152. The van der Waals surface area contributed by atoms with Crippen LogP contribution in [0.4, 0.5) is 22.0 Å². The first-order chi connectivity index (χ1) is 21.3. The van der Waals surface area contributed by atoms with Gasteiger partial charge in [0, 0.05) is 24.9 Å². The van der Waals surface area contributed by atoms with E-state index in [1.807, 2.05) is 0 Å². The van der Waals surface area contributed by atoms with Crippen molar-refractivity contribution in [3.8, 4) is 21.3 Å². The molecule has 0 spiro atoms. The second kappa shape index (κ2) is 13.6. The number of likely N-dealkylation sites (tertiary alicyclic amines) is 1. The van der Waals surface area contributed by atoms with Crippen molar-refractivity contribution in [2.75, 3.05) is 20.2 Å². The number of alkyl halides is 5. The van der Waals surface area contributed by atoms with Crippen LogP contribution in [-0.2, 0) is 32.5 Å². The highest BCUT2D eigenvalue weighted by atomic mass is 35.5. The molecule has 3 heterocycles. The summed E-state index contributed by atoms with van der Waals surface area (Å²) in [5.74, 6) is -3.35. The van der Waals surface area contributed by atoms with E-state index in [-0.39, 0.29) is 58.9 Å². The van der Waals surface area contributed by atoms with Gasteiger partial charge >= 0.3 is 12.1 Å². The van der Waals surface area contributed by atoms with Gasteiger partial charge in [-0.2, -0.15) is 17.9 Å². The van der Waals surface area contributed by atoms with Crippen LogP contribution in [-0.4, -0.2) is 72.8 Å². The topological polar surface area (TPSA) is 128 Å². The minimum absolute atomic E-state index is 0.0409. The number of ether oxygens (including phenoxy) is 1. The van der Waals surface area contributed by atoms with Crippen LogP contribution in [0.15, 0.2) is 21.4 Å². The predicted molar refractivity (Wildman–Crippen MR) is 160 cm³/mol. The summed E-state index contributed by atoms with van der Waals surface area (Å²) >= 11 is 13.9. The van der Waals surface area contributed by atoms with Crippen molar-refractivity contribution in [3.63, 3.8) is 0 Å². The molecule has 0 bridgehead atoms. The number of nitrogens with one attached hydrogen (secondary N) is 1. The van der Waals surface area contributed by atoms with Crippen LogP contribution in [0.2, 0.25) is 10.0 Å². The van der Waals surface area contributed by atoms with Crippen LogP contribution >= 0.6 is 34.5 Å². The number of hydrogen-bond acceptors (Lipinski definition) is 10. The number of esters is 1. The summed E-state index contributed by atoms with van der Waals surface area (Å²) in [6, 6.07) is -0.101. The molecule has 10 nitrogen and oxygen atoms in total. The third-order valence-electron chi connectivity index (χ3n) is 7.21. The average molecular weight is 735 g/mol. The third-order valence-corrected chi connectivity index (χ3v) is 10.8. The van der Waals surface area contributed by atoms with Crippen molar-refractivity contribution < 1.29 is 44.3 Å². The number of carbonyl (C=O) groups excluding carboxylic acids is 1. The van der Waals surface area contributed by atoms with E-state index >= 15 is 0 Å². The van der Waals surface area contributed by atoms with E-state index in [1.165, 1.54) is 25.0 Å². The molecular formula is C27H30Cl2F5N5O5S2. The highest BCUT2D eigenvalue weighted by Gasteiger charge is 2.42. The molecule has 1 N–H and O–H groups in total. The number of sulfonamides is 1. The highest BCUT2D eigenvalue weighted by molar-refractivity contribution is 7.89. The fraction of sp³-hybridized carbons (Fsp3) is 0.556. The Kier molecular flexibility index (Phi) is 10.7. The number of hydrogen-bond donors (Lipinski definition) is 1. The van der Waals surface area contributed by atoms with Gasteiger partial charge in [0.25, 0.3) is 11.8 Å². The molecule has 19 heteroatoms. The summed E-state index contributed by atoms with van der Waals surface area (Å²) in [6.07, 6.45) is -5.39. The van der Waals surface area contributed by atoms with Gasteiger partial charge in [-0.25, -0.2) is 22.2 Å². The number of carbonyl (C=O) groups is 1. The highest BCUT2D eigenvalue weighted by Crippen LogP contribution is 2.44. The molecule has 1 aromatic carbocycles. The summed E-state index contributed by atoms with van der Waals surface area (Å²) in [5.41, 5.74) is -0.569. The zero-order valence-corrected chi connectivity index (χ0v) is 28.1. The van der Waals surface area contributed by atoms with Crippen LogP contribution in [0.25, 0.3) is 21.3 Å². The fourth-order valence-corrected chi connectivity index (χ4v) is 8.09. The number of aromatic nitrogens is 3. The molecule has 46 heavy (non-hydrogen) atoms. The van der Waals surface area contributed by atoms with Gasteiger partial charge in [0.15, 0.2) is 5.01 Å². The Morgan fingerprint density at radius 1 is 1.22 bits per heavy atom. The van der Waals surface area contributed by atoms with Crippen LogP contribution in [0, 0.1) is 5.41 Å². The minimum Gasteiger partial charge on any atom is -0.469 e. The van der Waals surface area contributed by atoms with E-state index in [1.54, 1.807) is 18.6 Å². The summed E-state index contributed by atoms with van der Waals surface area (Å²) < 4.78 is 106. The van der Waals surface area contributed by atoms with Gasteiger partial charge in [0.05, 0.1) is 39.7 Å². The van der Waals surface area contributed by atoms with Crippen molar-refractivity contribution in [3.05, 3.63) is 33.8 Å². The standard InChI is InChI=1S/C27H30Cl2F5N5O5S2/c1-5-17(27(32,33)34)38-46(41,42)16-8-7-14(19(28)20(16)29)21-15(12-39-10-6-9-26(30,31)13-39)35-23(45-21)22-37-36-18(44-22)11-25(2,3)24(40)43-4/h7-8,17,38H,5-6,9-13H2,1-4H3. The molecule has 0 aliphatic carbocycles. The normalized spacial score (nSPS) is 16.8. The lowest BCUT2D eigenvalue weighted by Gasteiger charge is -2.32. The van der Waals surface area contributed by atoms with Crippen molar-refractivity contribution in [2.45, 2.75) is 76.0 Å². The molecule has 254 valence electrons. The number of piperidine rings is 1. The van der Waals surface area contributed by atoms with Crippen LogP contribution in [0.5, 0.6) is 0 Å². The monoisotopic (exact) mass is 733 g/mol. The minimum atomic E-state index is -4.85. The van der Waals surface area contributed by atoms with E-state index < -0.39 is 62.4 Å². The number of halogens is 7. The van der Waals surface area contributed by atoms with Gasteiger partial charge in [-0.3, -0.25) is 9.69 Å². The molecule has 1 unspecified atom stereocenters. The molecular weight excluding hydrogens is 704 g/mol. The Labute approximate surface area is 275 Å². The molecule has 1 atom stereocenters. The number of nitrogens with zero attached hydrogens (tertiary/aromatic N) is 4. The Hall–Kier alpha value is -2.44. The molecule has 1 saturated heterocycles.